The van der Waals surface area contributed by atoms with E-state index >= 15 is 0 Å². The third kappa shape index (κ3) is 2.94. The maximum atomic E-state index is 6.25. The number of rotatable bonds is 3. The first-order valence-corrected chi connectivity index (χ1v) is 7.05. The van der Waals surface area contributed by atoms with Gasteiger partial charge in [-0.15, -0.1) is 0 Å². The minimum absolute atomic E-state index is 0.406. The zero-order valence-electron chi connectivity index (χ0n) is 10.6. The molecule has 0 fully saturated rings. The molecule has 0 N–H and O–H groups in total. The normalized spacial score (nSPS) is 10.5. The largest absolute Gasteiger partial charge is 0.497 e. The molecule has 0 saturated carbocycles. The van der Waals surface area contributed by atoms with E-state index in [9.17, 15) is 0 Å². The molecule has 6 heteroatoms. The fourth-order valence-electron chi connectivity index (χ4n) is 1.81. The number of hydrogen-bond acceptors (Lipinski definition) is 2. The fraction of sp³-hybridized carbons (Fsp3) is 0.143. The predicted octanol–water partition coefficient (Wildman–Crippen LogP) is 5.98. The van der Waals surface area contributed by atoms with E-state index in [0.717, 1.165) is 0 Å². The van der Waals surface area contributed by atoms with Gasteiger partial charge in [0.05, 0.1) is 34.3 Å². The number of halogens is 4. The van der Waals surface area contributed by atoms with Gasteiger partial charge in [0.15, 0.2) is 0 Å². The molecule has 0 aliphatic carbocycles. The summed E-state index contributed by atoms with van der Waals surface area (Å²) in [7, 11) is 3.07. The van der Waals surface area contributed by atoms with E-state index < -0.39 is 0 Å². The summed E-state index contributed by atoms with van der Waals surface area (Å²) in [6.07, 6.45) is 0. The molecule has 0 spiro atoms. The van der Waals surface area contributed by atoms with Gasteiger partial charge in [-0.05, 0) is 24.3 Å². The second-order valence-electron chi connectivity index (χ2n) is 3.93. The summed E-state index contributed by atoms with van der Waals surface area (Å²) >= 11 is 25.0. The highest BCUT2D eigenvalue weighted by molar-refractivity contribution is 6.44. The van der Waals surface area contributed by atoms with E-state index in [1.165, 1.54) is 14.2 Å². The van der Waals surface area contributed by atoms with Gasteiger partial charge < -0.3 is 9.47 Å². The van der Waals surface area contributed by atoms with Crippen molar-refractivity contribution in [3.8, 4) is 22.6 Å². The lowest BCUT2D eigenvalue weighted by Crippen LogP contribution is -1.90. The summed E-state index contributed by atoms with van der Waals surface area (Å²) in [5, 5.41) is 1.62. The maximum Gasteiger partial charge on any atom is 0.121 e. The first-order chi connectivity index (χ1) is 9.47. The van der Waals surface area contributed by atoms with Crippen LogP contribution in [0.4, 0.5) is 0 Å². The van der Waals surface area contributed by atoms with Crippen LogP contribution in [0.2, 0.25) is 20.1 Å². The van der Waals surface area contributed by atoms with E-state index in [1.54, 1.807) is 24.3 Å². The zero-order chi connectivity index (χ0) is 14.9. The minimum atomic E-state index is 0.406. The molecule has 0 unspecified atom stereocenters. The Morgan fingerprint density at radius 1 is 0.600 bits per heavy atom. The van der Waals surface area contributed by atoms with Crippen molar-refractivity contribution >= 4 is 46.4 Å². The lowest BCUT2D eigenvalue weighted by molar-refractivity contribution is 0.414. The molecule has 2 aromatic rings. The Balaban J connectivity index is 2.69. The molecule has 0 radical (unpaired) electrons. The Morgan fingerprint density at radius 3 is 1.05 bits per heavy atom. The van der Waals surface area contributed by atoms with E-state index in [2.05, 4.69) is 0 Å². The van der Waals surface area contributed by atoms with Crippen molar-refractivity contribution in [3.63, 3.8) is 0 Å². The van der Waals surface area contributed by atoms with Gasteiger partial charge in [-0.2, -0.15) is 0 Å². The molecule has 0 bridgehead atoms. The summed E-state index contributed by atoms with van der Waals surface area (Å²) in [4.78, 5) is 0. The molecule has 0 aliphatic rings. The van der Waals surface area contributed by atoms with Crippen molar-refractivity contribution in [1.82, 2.24) is 0 Å². The second-order valence-corrected chi connectivity index (χ2v) is 5.56. The number of benzene rings is 2. The fourth-order valence-corrected chi connectivity index (χ4v) is 3.13. The first kappa shape index (κ1) is 15.6. The molecular weight excluding hydrogens is 342 g/mol. The van der Waals surface area contributed by atoms with Crippen LogP contribution in [0, 0.1) is 0 Å². The van der Waals surface area contributed by atoms with Crippen molar-refractivity contribution in [1.29, 1.82) is 0 Å². The van der Waals surface area contributed by atoms with E-state index in [1.807, 2.05) is 0 Å². The molecule has 0 atom stereocenters. The summed E-state index contributed by atoms with van der Waals surface area (Å²) in [6.45, 7) is 0. The Kier molecular flexibility index (Phi) is 4.92. The highest BCUT2D eigenvalue weighted by atomic mass is 35.5. The Labute approximate surface area is 137 Å². The Morgan fingerprint density at radius 2 is 0.850 bits per heavy atom. The SMILES string of the molecule is COc1cc(Cl)c(-c2c(Cl)cc(OC)cc2Cl)c(Cl)c1. The summed E-state index contributed by atoms with van der Waals surface area (Å²) in [5.41, 5.74) is 1.12. The topological polar surface area (TPSA) is 18.5 Å². The average Bonchev–Trinajstić information content (AvgIpc) is 2.40. The molecule has 20 heavy (non-hydrogen) atoms. The summed E-state index contributed by atoms with van der Waals surface area (Å²) in [6, 6.07) is 6.61. The number of ether oxygens (including phenoxy) is 2. The van der Waals surface area contributed by atoms with Gasteiger partial charge in [-0.25, -0.2) is 0 Å². The van der Waals surface area contributed by atoms with Crippen LogP contribution < -0.4 is 9.47 Å². The van der Waals surface area contributed by atoms with Gasteiger partial charge in [0, 0.05) is 11.1 Å². The zero-order valence-corrected chi connectivity index (χ0v) is 13.7. The van der Waals surface area contributed by atoms with Gasteiger partial charge in [-0.3, -0.25) is 0 Å². The predicted molar refractivity (Wildman–Crippen MR) is 85.0 cm³/mol. The van der Waals surface area contributed by atoms with Crippen molar-refractivity contribution in [3.05, 3.63) is 44.4 Å². The van der Waals surface area contributed by atoms with E-state index in [-0.39, 0.29) is 0 Å². The van der Waals surface area contributed by atoms with Crippen molar-refractivity contribution in [2.24, 2.45) is 0 Å². The van der Waals surface area contributed by atoms with E-state index in [4.69, 9.17) is 55.9 Å². The van der Waals surface area contributed by atoms with Crippen LogP contribution in [-0.2, 0) is 0 Å². The van der Waals surface area contributed by atoms with Crippen LogP contribution >= 0.6 is 46.4 Å². The molecule has 0 aromatic heterocycles. The van der Waals surface area contributed by atoms with Crippen molar-refractivity contribution in [2.75, 3.05) is 14.2 Å². The van der Waals surface area contributed by atoms with Gasteiger partial charge in [0.1, 0.15) is 11.5 Å². The van der Waals surface area contributed by atoms with Crippen LogP contribution in [0.1, 0.15) is 0 Å². The molecule has 2 aromatic carbocycles. The van der Waals surface area contributed by atoms with Crippen molar-refractivity contribution < 1.29 is 9.47 Å². The average molecular weight is 352 g/mol. The van der Waals surface area contributed by atoms with E-state index in [0.29, 0.717) is 42.7 Å². The third-order valence-corrected chi connectivity index (χ3v) is 3.95. The minimum Gasteiger partial charge on any atom is -0.497 e. The molecule has 0 heterocycles. The quantitative estimate of drug-likeness (QED) is 0.676. The first-order valence-electron chi connectivity index (χ1n) is 5.54. The molecule has 0 saturated heterocycles. The van der Waals surface area contributed by atoms with Crippen LogP contribution in [-0.4, -0.2) is 14.2 Å². The Hall–Kier alpha value is -0.800. The lowest BCUT2D eigenvalue weighted by atomic mass is 10.0. The lowest BCUT2D eigenvalue weighted by Gasteiger charge is -2.14. The molecular formula is C14H10Cl4O2. The standard InChI is InChI=1S/C14H10Cl4O2/c1-19-7-3-9(15)13(10(16)4-7)14-11(17)5-8(20-2)6-12(14)18/h3-6H,1-2H3. The smallest absolute Gasteiger partial charge is 0.121 e. The van der Waals surface area contributed by atoms with Crippen LogP contribution in [0.3, 0.4) is 0 Å². The highest BCUT2D eigenvalue weighted by Crippen LogP contribution is 2.45. The molecule has 106 valence electrons. The molecule has 2 nitrogen and oxygen atoms in total. The summed E-state index contributed by atoms with van der Waals surface area (Å²) < 4.78 is 10.2. The van der Waals surface area contributed by atoms with Gasteiger partial charge in [0.2, 0.25) is 0 Å². The highest BCUT2D eigenvalue weighted by Gasteiger charge is 2.18. The van der Waals surface area contributed by atoms with Crippen LogP contribution in [0.15, 0.2) is 24.3 Å². The number of hydrogen-bond donors (Lipinski definition) is 0. The molecule has 0 aliphatic heterocycles. The number of methoxy groups -OCH3 is 2. The Bertz CT molecular complexity index is 552. The van der Waals surface area contributed by atoms with Gasteiger partial charge >= 0.3 is 0 Å². The maximum absolute atomic E-state index is 6.25. The molecule has 2 rings (SSSR count). The third-order valence-electron chi connectivity index (χ3n) is 2.75. The van der Waals surface area contributed by atoms with Crippen LogP contribution in [0.5, 0.6) is 11.5 Å². The molecule has 0 amide bonds. The second kappa shape index (κ2) is 6.31. The van der Waals surface area contributed by atoms with Gasteiger partial charge in [0.25, 0.3) is 0 Å². The van der Waals surface area contributed by atoms with Gasteiger partial charge in [-0.1, -0.05) is 46.4 Å². The van der Waals surface area contributed by atoms with Crippen molar-refractivity contribution in [2.45, 2.75) is 0 Å². The monoisotopic (exact) mass is 350 g/mol. The van der Waals surface area contributed by atoms with Crippen LogP contribution in [0.25, 0.3) is 11.1 Å². The summed E-state index contributed by atoms with van der Waals surface area (Å²) in [5.74, 6) is 1.12.